The van der Waals surface area contributed by atoms with Gasteiger partial charge in [0.2, 0.25) is 5.91 Å². The van der Waals surface area contributed by atoms with Crippen molar-refractivity contribution in [3.63, 3.8) is 0 Å². The minimum absolute atomic E-state index is 0.331. The zero-order valence-corrected chi connectivity index (χ0v) is 15.9. The van der Waals surface area contributed by atoms with Crippen LogP contribution in [0.4, 0.5) is 13.2 Å². The van der Waals surface area contributed by atoms with Gasteiger partial charge in [0.15, 0.2) is 0 Å². The number of nitrogens with one attached hydrogen (secondary N) is 2. The number of amides is 1. The average molecular weight is 420 g/mol. The molecule has 0 unspecified atom stereocenters. The first-order valence-electron chi connectivity index (χ1n) is 8.74. The Kier molecular flexibility index (Phi) is 6.39. The number of hydrogen-bond donors (Lipinski definition) is 2. The molecule has 0 atom stereocenters. The van der Waals surface area contributed by atoms with E-state index in [1.807, 2.05) is 12.1 Å². The van der Waals surface area contributed by atoms with Crippen molar-refractivity contribution < 1.29 is 18.0 Å². The normalized spacial score (nSPS) is 11.7. The molecule has 2 N–H and O–H groups in total. The lowest BCUT2D eigenvalue weighted by molar-refractivity contribution is -0.137. The largest absolute Gasteiger partial charge is 0.416 e. The van der Waals surface area contributed by atoms with Gasteiger partial charge in [0.05, 0.1) is 5.56 Å². The number of alkyl halides is 3. The number of halogens is 4. The minimum Gasteiger partial charge on any atom is -0.352 e. The van der Waals surface area contributed by atoms with Crippen LogP contribution in [-0.2, 0) is 17.4 Å². The highest BCUT2D eigenvalue weighted by atomic mass is 35.5. The number of nitrogens with zero attached hydrogens (tertiary/aromatic N) is 1. The van der Waals surface area contributed by atoms with Crippen LogP contribution in [0.15, 0.2) is 60.8 Å². The highest BCUT2D eigenvalue weighted by molar-refractivity contribution is 6.30. The Morgan fingerprint density at radius 3 is 2.45 bits per heavy atom. The summed E-state index contributed by atoms with van der Waals surface area (Å²) in [5.41, 5.74) is 1.55. The summed E-state index contributed by atoms with van der Waals surface area (Å²) in [7, 11) is 0. The van der Waals surface area contributed by atoms with Crippen LogP contribution in [0.25, 0.3) is 17.5 Å². The Hall–Kier alpha value is -3.06. The Labute approximate surface area is 170 Å². The summed E-state index contributed by atoms with van der Waals surface area (Å²) in [5.74, 6) is 0.382. The number of aromatic amines is 1. The van der Waals surface area contributed by atoms with Gasteiger partial charge in [-0.15, -0.1) is 0 Å². The topological polar surface area (TPSA) is 57.8 Å². The fraction of sp³-hybridized carbons (Fsp3) is 0.143. The van der Waals surface area contributed by atoms with Gasteiger partial charge in [0.1, 0.15) is 5.82 Å². The molecular formula is C21H17ClF3N3O. The molecule has 4 nitrogen and oxygen atoms in total. The van der Waals surface area contributed by atoms with Crippen molar-refractivity contribution in [3.05, 3.63) is 82.6 Å². The molecule has 3 rings (SSSR count). The molecule has 0 aliphatic heterocycles. The van der Waals surface area contributed by atoms with Gasteiger partial charge in [0.25, 0.3) is 0 Å². The third kappa shape index (κ3) is 5.96. The van der Waals surface area contributed by atoms with Gasteiger partial charge in [0, 0.05) is 41.5 Å². The van der Waals surface area contributed by atoms with Crippen molar-refractivity contribution in [3.8, 4) is 11.4 Å². The molecule has 0 spiro atoms. The summed E-state index contributed by atoms with van der Waals surface area (Å²) in [5, 5.41) is 3.37. The van der Waals surface area contributed by atoms with Gasteiger partial charge in [-0.2, -0.15) is 13.2 Å². The molecule has 0 saturated carbocycles. The summed E-state index contributed by atoms with van der Waals surface area (Å²) >= 11 is 5.87. The Bertz CT molecular complexity index is 993. The third-order valence-corrected chi connectivity index (χ3v) is 4.36. The second-order valence-electron chi connectivity index (χ2n) is 6.26. The second-order valence-corrected chi connectivity index (χ2v) is 6.69. The van der Waals surface area contributed by atoms with E-state index in [-0.39, 0.29) is 5.91 Å². The highest BCUT2D eigenvalue weighted by Crippen LogP contribution is 2.29. The van der Waals surface area contributed by atoms with Gasteiger partial charge in [-0.25, -0.2) is 4.98 Å². The van der Waals surface area contributed by atoms with Crippen LogP contribution >= 0.6 is 11.6 Å². The quantitative estimate of drug-likeness (QED) is 0.545. The number of hydrogen-bond acceptors (Lipinski definition) is 2. The number of carbonyl (C=O) groups excluding carboxylic acids is 1. The number of imidazole rings is 1. The van der Waals surface area contributed by atoms with Crippen molar-refractivity contribution in [2.24, 2.45) is 0 Å². The second kappa shape index (κ2) is 8.96. The minimum atomic E-state index is -4.38. The van der Waals surface area contributed by atoms with Crippen LogP contribution in [0, 0.1) is 0 Å². The summed E-state index contributed by atoms with van der Waals surface area (Å²) in [6.07, 6.45) is 0.632. The van der Waals surface area contributed by atoms with Crippen LogP contribution in [-0.4, -0.2) is 22.4 Å². The Balaban J connectivity index is 1.47. The molecule has 0 saturated heterocycles. The molecule has 0 fully saturated rings. The number of benzene rings is 2. The van der Waals surface area contributed by atoms with Gasteiger partial charge in [-0.3, -0.25) is 4.79 Å². The molecule has 0 radical (unpaired) electrons. The van der Waals surface area contributed by atoms with E-state index < -0.39 is 11.7 Å². The molecular weight excluding hydrogens is 403 g/mol. The number of carbonyl (C=O) groups is 1. The lowest BCUT2D eigenvalue weighted by Gasteiger charge is -2.06. The lowest BCUT2D eigenvalue weighted by Crippen LogP contribution is -2.23. The van der Waals surface area contributed by atoms with E-state index in [1.54, 1.807) is 18.3 Å². The zero-order valence-electron chi connectivity index (χ0n) is 15.1. The van der Waals surface area contributed by atoms with Crippen molar-refractivity contribution in [1.82, 2.24) is 15.3 Å². The molecule has 3 aromatic rings. The standard InChI is InChI=1S/C21H17ClF3N3O/c22-17-8-4-15(5-9-17)20-27-13-18(28-20)11-12-26-19(29)10-3-14-1-6-16(7-2-14)21(23,24)25/h1-10,13H,11-12H2,(H,26,29)(H,27,28)/b10-3+. The molecule has 1 heterocycles. The van der Waals surface area contributed by atoms with Crippen LogP contribution in [0.2, 0.25) is 5.02 Å². The lowest BCUT2D eigenvalue weighted by atomic mass is 10.1. The maximum Gasteiger partial charge on any atom is 0.416 e. The molecule has 2 aromatic carbocycles. The number of rotatable bonds is 6. The average Bonchev–Trinajstić information content (AvgIpc) is 3.15. The molecule has 1 amide bonds. The van der Waals surface area contributed by atoms with Gasteiger partial charge in [-0.05, 0) is 48.0 Å². The predicted molar refractivity (Wildman–Crippen MR) is 106 cm³/mol. The Morgan fingerprint density at radius 2 is 1.79 bits per heavy atom. The fourth-order valence-corrected chi connectivity index (χ4v) is 2.70. The molecule has 0 aliphatic rings. The van der Waals surface area contributed by atoms with Crippen molar-refractivity contribution >= 4 is 23.6 Å². The van der Waals surface area contributed by atoms with E-state index >= 15 is 0 Å². The smallest absolute Gasteiger partial charge is 0.352 e. The van der Waals surface area contributed by atoms with Crippen LogP contribution < -0.4 is 5.32 Å². The fourth-order valence-electron chi connectivity index (χ4n) is 2.58. The molecule has 8 heteroatoms. The van der Waals surface area contributed by atoms with Crippen LogP contribution in [0.3, 0.4) is 0 Å². The third-order valence-electron chi connectivity index (χ3n) is 4.10. The summed E-state index contributed by atoms with van der Waals surface area (Å²) in [6.45, 7) is 0.387. The monoisotopic (exact) mass is 419 g/mol. The van der Waals surface area contributed by atoms with E-state index in [4.69, 9.17) is 11.6 Å². The SMILES string of the molecule is O=C(/C=C/c1ccc(C(F)(F)F)cc1)NCCc1cnc(-c2ccc(Cl)cc2)[nH]1. The van der Waals surface area contributed by atoms with Crippen molar-refractivity contribution in [2.75, 3.05) is 6.54 Å². The maximum absolute atomic E-state index is 12.5. The van der Waals surface area contributed by atoms with Crippen LogP contribution in [0.5, 0.6) is 0 Å². The molecule has 1 aromatic heterocycles. The van der Waals surface area contributed by atoms with Crippen molar-refractivity contribution in [2.45, 2.75) is 12.6 Å². The van der Waals surface area contributed by atoms with E-state index in [2.05, 4.69) is 15.3 Å². The van der Waals surface area contributed by atoms with Gasteiger partial charge < -0.3 is 10.3 Å². The van der Waals surface area contributed by atoms with Crippen LogP contribution in [0.1, 0.15) is 16.8 Å². The summed E-state index contributed by atoms with van der Waals surface area (Å²) < 4.78 is 37.6. The summed E-state index contributed by atoms with van der Waals surface area (Å²) in [6, 6.07) is 11.9. The number of aromatic nitrogens is 2. The molecule has 150 valence electrons. The van der Waals surface area contributed by atoms with E-state index in [0.29, 0.717) is 29.4 Å². The van der Waals surface area contributed by atoms with E-state index in [9.17, 15) is 18.0 Å². The first-order chi connectivity index (χ1) is 13.8. The molecule has 29 heavy (non-hydrogen) atoms. The number of H-pyrrole nitrogens is 1. The zero-order chi connectivity index (χ0) is 20.9. The van der Waals surface area contributed by atoms with Gasteiger partial charge in [-0.1, -0.05) is 23.7 Å². The molecule has 0 aliphatic carbocycles. The highest BCUT2D eigenvalue weighted by Gasteiger charge is 2.29. The first-order valence-corrected chi connectivity index (χ1v) is 9.12. The maximum atomic E-state index is 12.5. The Morgan fingerprint density at radius 1 is 1.10 bits per heavy atom. The molecule has 0 bridgehead atoms. The first kappa shape index (κ1) is 20.7. The summed E-state index contributed by atoms with van der Waals surface area (Å²) in [4.78, 5) is 19.4. The predicted octanol–water partition coefficient (Wildman–Crippen LogP) is 5.12. The van der Waals surface area contributed by atoms with E-state index in [1.165, 1.54) is 24.3 Å². The van der Waals surface area contributed by atoms with E-state index in [0.717, 1.165) is 23.4 Å². The van der Waals surface area contributed by atoms with Gasteiger partial charge >= 0.3 is 6.18 Å². The van der Waals surface area contributed by atoms with Crippen molar-refractivity contribution in [1.29, 1.82) is 0 Å².